The standard InChI is InChI=1S/C15H24BrNO2/c1-3-4-5-10-19-15-13(7-6-8-14(15)16)12-17-9-11-18-2/h6-8,17H,3-5,9-12H2,1-2H3. The van der Waals surface area contributed by atoms with Crippen molar-refractivity contribution in [1.29, 1.82) is 0 Å². The number of benzene rings is 1. The molecule has 0 fully saturated rings. The van der Waals surface area contributed by atoms with Gasteiger partial charge in [-0.2, -0.15) is 0 Å². The highest BCUT2D eigenvalue weighted by Crippen LogP contribution is 2.29. The lowest BCUT2D eigenvalue weighted by Gasteiger charge is -2.14. The highest BCUT2D eigenvalue weighted by molar-refractivity contribution is 9.10. The maximum atomic E-state index is 5.91. The van der Waals surface area contributed by atoms with E-state index in [4.69, 9.17) is 9.47 Å². The molecule has 1 aromatic rings. The first-order valence-electron chi connectivity index (χ1n) is 6.89. The van der Waals surface area contributed by atoms with Crippen molar-refractivity contribution in [3.63, 3.8) is 0 Å². The summed E-state index contributed by atoms with van der Waals surface area (Å²) in [5.74, 6) is 0.962. The highest BCUT2D eigenvalue weighted by atomic mass is 79.9. The van der Waals surface area contributed by atoms with Gasteiger partial charge in [-0.05, 0) is 28.4 Å². The van der Waals surface area contributed by atoms with E-state index >= 15 is 0 Å². The number of hydrogen-bond donors (Lipinski definition) is 1. The van der Waals surface area contributed by atoms with Gasteiger partial charge < -0.3 is 14.8 Å². The third kappa shape index (κ3) is 6.41. The van der Waals surface area contributed by atoms with E-state index in [1.165, 1.54) is 18.4 Å². The molecule has 0 aromatic heterocycles. The van der Waals surface area contributed by atoms with Crippen molar-refractivity contribution in [2.24, 2.45) is 0 Å². The van der Waals surface area contributed by atoms with Crippen LogP contribution in [0, 0.1) is 0 Å². The van der Waals surface area contributed by atoms with Crippen LogP contribution in [0.25, 0.3) is 0 Å². The Morgan fingerprint density at radius 1 is 1.21 bits per heavy atom. The monoisotopic (exact) mass is 329 g/mol. The summed E-state index contributed by atoms with van der Waals surface area (Å²) in [7, 11) is 1.71. The lowest BCUT2D eigenvalue weighted by Crippen LogP contribution is -2.19. The Labute approximate surface area is 124 Å². The van der Waals surface area contributed by atoms with Crippen LogP contribution in [0.2, 0.25) is 0 Å². The average Bonchev–Trinajstić information content (AvgIpc) is 2.42. The topological polar surface area (TPSA) is 30.5 Å². The van der Waals surface area contributed by atoms with E-state index in [0.717, 1.165) is 42.9 Å². The number of methoxy groups -OCH3 is 1. The normalized spacial score (nSPS) is 10.7. The van der Waals surface area contributed by atoms with Gasteiger partial charge in [0.2, 0.25) is 0 Å². The molecule has 0 spiro atoms. The van der Waals surface area contributed by atoms with Crippen LogP contribution < -0.4 is 10.1 Å². The van der Waals surface area contributed by atoms with Crippen molar-refractivity contribution in [3.8, 4) is 5.75 Å². The van der Waals surface area contributed by atoms with Crippen molar-refractivity contribution in [1.82, 2.24) is 5.32 Å². The third-order valence-electron chi connectivity index (χ3n) is 2.84. The lowest BCUT2D eigenvalue weighted by atomic mass is 10.2. The minimum absolute atomic E-state index is 0.723. The first-order valence-corrected chi connectivity index (χ1v) is 7.68. The van der Waals surface area contributed by atoms with E-state index in [9.17, 15) is 0 Å². The van der Waals surface area contributed by atoms with Gasteiger partial charge in [-0.25, -0.2) is 0 Å². The van der Waals surface area contributed by atoms with E-state index in [1.54, 1.807) is 7.11 Å². The minimum Gasteiger partial charge on any atom is -0.492 e. The molecule has 3 nitrogen and oxygen atoms in total. The minimum atomic E-state index is 0.723. The summed E-state index contributed by atoms with van der Waals surface area (Å²) in [6.45, 7) is 5.34. The zero-order valence-corrected chi connectivity index (χ0v) is 13.5. The fourth-order valence-electron chi connectivity index (χ4n) is 1.78. The molecule has 1 aromatic carbocycles. The zero-order chi connectivity index (χ0) is 13.9. The molecule has 0 aliphatic rings. The van der Waals surface area contributed by atoms with Gasteiger partial charge >= 0.3 is 0 Å². The number of para-hydroxylation sites is 1. The van der Waals surface area contributed by atoms with Gasteiger partial charge in [0.1, 0.15) is 5.75 Å². The fourth-order valence-corrected chi connectivity index (χ4v) is 2.30. The maximum absolute atomic E-state index is 5.91. The van der Waals surface area contributed by atoms with Gasteiger partial charge in [0.25, 0.3) is 0 Å². The number of halogens is 1. The van der Waals surface area contributed by atoms with Crippen molar-refractivity contribution < 1.29 is 9.47 Å². The molecule has 0 bridgehead atoms. The fraction of sp³-hybridized carbons (Fsp3) is 0.600. The Morgan fingerprint density at radius 3 is 2.79 bits per heavy atom. The summed E-state index contributed by atoms with van der Waals surface area (Å²) in [6, 6.07) is 6.16. The van der Waals surface area contributed by atoms with E-state index < -0.39 is 0 Å². The number of hydrogen-bond acceptors (Lipinski definition) is 3. The molecule has 0 saturated carbocycles. The van der Waals surface area contributed by atoms with E-state index in [-0.39, 0.29) is 0 Å². The van der Waals surface area contributed by atoms with Crippen molar-refractivity contribution in [2.45, 2.75) is 32.7 Å². The largest absolute Gasteiger partial charge is 0.492 e. The van der Waals surface area contributed by atoms with Crippen LogP contribution in [-0.2, 0) is 11.3 Å². The Morgan fingerprint density at radius 2 is 2.05 bits per heavy atom. The molecular weight excluding hydrogens is 306 g/mol. The summed E-state index contributed by atoms with van der Waals surface area (Å²) in [5, 5.41) is 3.35. The summed E-state index contributed by atoms with van der Waals surface area (Å²) >= 11 is 3.56. The number of unbranched alkanes of at least 4 members (excludes halogenated alkanes) is 2. The number of nitrogens with one attached hydrogen (secondary N) is 1. The first-order chi connectivity index (χ1) is 9.29. The van der Waals surface area contributed by atoms with Crippen molar-refractivity contribution >= 4 is 15.9 Å². The molecular formula is C15H24BrNO2. The molecule has 0 aliphatic heterocycles. The average molecular weight is 330 g/mol. The van der Waals surface area contributed by atoms with E-state index in [1.807, 2.05) is 12.1 Å². The van der Waals surface area contributed by atoms with E-state index in [2.05, 4.69) is 34.2 Å². The lowest BCUT2D eigenvalue weighted by molar-refractivity contribution is 0.199. The molecule has 0 amide bonds. The molecule has 0 atom stereocenters. The Kier molecular flexibility index (Phi) is 8.88. The van der Waals surface area contributed by atoms with Crippen LogP contribution in [0.5, 0.6) is 5.75 Å². The maximum Gasteiger partial charge on any atom is 0.137 e. The summed E-state index contributed by atoms with van der Waals surface area (Å²) in [4.78, 5) is 0. The number of rotatable bonds is 10. The molecule has 19 heavy (non-hydrogen) atoms. The molecule has 108 valence electrons. The molecule has 4 heteroatoms. The summed E-state index contributed by atoms with van der Waals surface area (Å²) in [6.07, 6.45) is 3.53. The second-order valence-electron chi connectivity index (χ2n) is 4.45. The molecule has 0 heterocycles. The third-order valence-corrected chi connectivity index (χ3v) is 3.47. The molecule has 1 rings (SSSR count). The van der Waals surface area contributed by atoms with Crippen LogP contribution in [0.1, 0.15) is 31.7 Å². The van der Waals surface area contributed by atoms with Crippen LogP contribution in [0.3, 0.4) is 0 Å². The molecule has 1 N–H and O–H groups in total. The van der Waals surface area contributed by atoms with Crippen molar-refractivity contribution in [2.75, 3.05) is 26.9 Å². The zero-order valence-electron chi connectivity index (χ0n) is 11.9. The Hall–Kier alpha value is -0.580. The first kappa shape index (κ1) is 16.5. The Balaban J connectivity index is 2.51. The van der Waals surface area contributed by atoms with Gasteiger partial charge in [-0.1, -0.05) is 31.9 Å². The smallest absolute Gasteiger partial charge is 0.137 e. The van der Waals surface area contributed by atoms with Crippen LogP contribution in [0.4, 0.5) is 0 Å². The Bertz CT molecular complexity index is 358. The van der Waals surface area contributed by atoms with Gasteiger partial charge in [0, 0.05) is 25.8 Å². The predicted molar refractivity (Wildman–Crippen MR) is 82.7 cm³/mol. The number of ether oxygens (including phenoxy) is 2. The molecule has 0 unspecified atom stereocenters. The second kappa shape index (κ2) is 10.2. The van der Waals surface area contributed by atoms with Crippen LogP contribution in [0.15, 0.2) is 22.7 Å². The molecule has 0 saturated heterocycles. The quantitative estimate of drug-likeness (QED) is 0.663. The summed E-state index contributed by atoms with van der Waals surface area (Å²) < 4.78 is 12.0. The highest BCUT2D eigenvalue weighted by Gasteiger charge is 2.07. The second-order valence-corrected chi connectivity index (χ2v) is 5.31. The predicted octanol–water partition coefficient (Wildman–Crippen LogP) is 3.75. The molecule has 0 radical (unpaired) electrons. The SMILES string of the molecule is CCCCCOc1c(Br)cccc1CNCCOC. The van der Waals surface area contributed by atoms with Gasteiger partial charge in [0.05, 0.1) is 17.7 Å². The van der Waals surface area contributed by atoms with Crippen molar-refractivity contribution in [3.05, 3.63) is 28.2 Å². The van der Waals surface area contributed by atoms with E-state index in [0.29, 0.717) is 0 Å². The van der Waals surface area contributed by atoms with Crippen LogP contribution in [-0.4, -0.2) is 26.9 Å². The van der Waals surface area contributed by atoms with Gasteiger partial charge in [-0.15, -0.1) is 0 Å². The molecule has 0 aliphatic carbocycles. The van der Waals surface area contributed by atoms with Gasteiger partial charge in [-0.3, -0.25) is 0 Å². The summed E-state index contributed by atoms with van der Waals surface area (Å²) in [5.41, 5.74) is 1.18. The van der Waals surface area contributed by atoms with Gasteiger partial charge in [0.15, 0.2) is 0 Å². The van der Waals surface area contributed by atoms with Crippen LogP contribution >= 0.6 is 15.9 Å².